The van der Waals surface area contributed by atoms with E-state index in [1.807, 2.05) is 55.5 Å². The second-order valence-corrected chi connectivity index (χ2v) is 5.78. The van der Waals surface area contributed by atoms with Crippen molar-refractivity contribution in [2.75, 3.05) is 0 Å². The van der Waals surface area contributed by atoms with E-state index in [2.05, 4.69) is 0 Å². The van der Waals surface area contributed by atoms with E-state index >= 15 is 0 Å². The first-order valence-electron chi connectivity index (χ1n) is 7.06. The summed E-state index contributed by atoms with van der Waals surface area (Å²) in [6.45, 7) is 1.96. The molecule has 0 aliphatic heterocycles. The average molecular weight is 301 g/mol. The lowest BCUT2D eigenvalue weighted by Gasteiger charge is -2.24. The fourth-order valence-corrected chi connectivity index (χ4v) is 2.74. The highest BCUT2D eigenvalue weighted by atomic mass is 35.5. The first-order chi connectivity index (χ1) is 10.1. The van der Waals surface area contributed by atoms with Gasteiger partial charge in [-0.2, -0.15) is 0 Å². The summed E-state index contributed by atoms with van der Waals surface area (Å²) < 4.78 is 5.84. The molecule has 3 heteroatoms. The summed E-state index contributed by atoms with van der Waals surface area (Å²) >= 11 is 6.00. The Morgan fingerprint density at radius 3 is 2.57 bits per heavy atom. The number of hydrogen-bond donors (Lipinski definition) is 1. The second-order valence-electron chi connectivity index (χ2n) is 5.34. The first-order valence-corrected chi connectivity index (χ1v) is 7.44. The third-order valence-corrected chi connectivity index (χ3v) is 4.10. The molecule has 0 radical (unpaired) electrons. The van der Waals surface area contributed by atoms with Gasteiger partial charge in [0.2, 0.25) is 0 Å². The molecule has 1 atom stereocenters. The van der Waals surface area contributed by atoms with E-state index in [0.29, 0.717) is 23.6 Å². The van der Waals surface area contributed by atoms with Gasteiger partial charge in [-0.25, -0.2) is 0 Å². The maximum absolute atomic E-state index is 11.0. The van der Waals surface area contributed by atoms with Crippen molar-refractivity contribution in [3.8, 4) is 0 Å². The van der Waals surface area contributed by atoms with Crippen LogP contribution in [-0.2, 0) is 12.0 Å². The zero-order chi connectivity index (χ0) is 14.9. The molecule has 2 nitrogen and oxygen atoms in total. The van der Waals surface area contributed by atoms with Crippen LogP contribution in [0.4, 0.5) is 0 Å². The highest BCUT2D eigenvalue weighted by Gasteiger charge is 2.31. The zero-order valence-corrected chi connectivity index (χ0v) is 12.6. The number of halogens is 1. The highest BCUT2D eigenvalue weighted by Crippen LogP contribution is 2.34. The highest BCUT2D eigenvalue weighted by molar-refractivity contribution is 6.31. The molecule has 0 spiro atoms. The Morgan fingerprint density at radius 2 is 1.86 bits per heavy atom. The van der Waals surface area contributed by atoms with E-state index < -0.39 is 5.60 Å². The van der Waals surface area contributed by atoms with Gasteiger partial charge in [-0.05, 0) is 36.2 Å². The van der Waals surface area contributed by atoms with Gasteiger partial charge < -0.3 is 9.52 Å². The molecule has 108 valence electrons. The fourth-order valence-electron chi connectivity index (χ4n) is 2.56. The molecule has 1 aromatic heterocycles. The fraction of sp³-hybridized carbons (Fsp3) is 0.222. The van der Waals surface area contributed by atoms with Gasteiger partial charge in [0.1, 0.15) is 16.9 Å². The molecule has 0 saturated carbocycles. The SMILES string of the molecule is CCC(O)(Cc1ccccc1)c1cc2cc(Cl)ccc2o1. The Kier molecular flexibility index (Phi) is 3.75. The normalized spacial score (nSPS) is 14.2. The van der Waals surface area contributed by atoms with Crippen LogP contribution < -0.4 is 0 Å². The van der Waals surface area contributed by atoms with Crippen molar-refractivity contribution in [2.45, 2.75) is 25.4 Å². The van der Waals surface area contributed by atoms with Crippen LogP contribution in [0.25, 0.3) is 11.0 Å². The summed E-state index contributed by atoms with van der Waals surface area (Å²) in [4.78, 5) is 0. The number of rotatable bonds is 4. The van der Waals surface area contributed by atoms with Crippen LogP contribution in [0.1, 0.15) is 24.7 Å². The maximum atomic E-state index is 11.0. The van der Waals surface area contributed by atoms with Gasteiger partial charge in [0, 0.05) is 16.8 Å². The van der Waals surface area contributed by atoms with Crippen LogP contribution in [-0.4, -0.2) is 5.11 Å². The van der Waals surface area contributed by atoms with E-state index in [-0.39, 0.29) is 0 Å². The summed E-state index contributed by atoms with van der Waals surface area (Å²) in [5, 5.41) is 12.6. The monoisotopic (exact) mass is 300 g/mol. The minimum atomic E-state index is -1.01. The van der Waals surface area contributed by atoms with Crippen LogP contribution in [0.3, 0.4) is 0 Å². The molecule has 0 saturated heterocycles. The van der Waals surface area contributed by atoms with Crippen molar-refractivity contribution in [1.82, 2.24) is 0 Å². The second kappa shape index (κ2) is 5.55. The molecule has 3 rings (SSSR count). The number of aliphatic hydroxyl groups is 1. The molecule has 0 aliphatic carbocycles. The third kappa shape index (κ3) is 2.82. The van der Waals surface area contributed by atoms with Gasteiger partial charge >= 0.3 is 0 Å². The number of furan rings is 1. The maximum Gasteiger partial charge on any atom is 0.137 e. The lowest BCUT2D eigenvalue weighted by atomic mass is 9.89. The van der Waals surface area contributed by atoms with Crippen LogP contribution in [0.15, 0.2) is 59.0 Å². The number of fused-ring (bicyclic) bond motifs is 1. The van der Waals surface area contributed by atoms with Gasteiger partial charge in [0.15, 0.2) is 0 Å². The summed E-state index contributed by atoms with van der Waals surface area (Å²) in [5.41, 5.74) is 0.821. The lowest BCUT2D eigenvalue weighted by Crippen LogP contribution is -2.27. The Balaban J connectivity index is 2.00. The molecule has 0 bridgehead atoms. The standard InChI is InChI=1S/C18H17ClO2/c1-2-18(20,12-13-6-4-3-5-7-13)17-11-14-10-15(19)8-9-16(14)21-17/h3-11,20H,2,12H2,1H3. The van der Waals surface area contributed by atoms with Crippen molar-refractivity contribution in [3.05, 3.63) is 70.9 Å². The van der Waals surface area contributed by atoms with Gasteiger partial charge in [-0.1, -0.05) is 48.9 Å². The van der Waals surface area contributed by atoms with E-state index in [9.17, 15) is 5.11 Å². The van der Waals surface area contributed by atoms with Gasteiger partial charge in [0.25, 0.3) is 0 Å². The summed E-state index contributed by atoms with van der Waals surface area (Å²) in [6, 6.07) is 17.3. The smallest absolute Gasteiger partial charge is 0.137 e. The lowest BCUT2D eigenvalue weighted by molar-refractivity contribution is 0.0124. The molecule has 0 aliphatic rings. The van der Waals surface area contributed by atoms with Crippen molar-refractivity contribution < 1.29 is 9.52 Å². The minimum absolute atomic E-state index is 0.526. The Hall–Kier alpha value is -1.77. The number of hydrogen-bond acceptors (Lipinski definition) is 2. The largest absolute Gasteiger partial charge is 0.458 e. The number of benzene rings is 2. The predicted molar refractivity (Wildman–Crippen MR) is 85.6 cm³/mol. The van der Waals surface area contributed by atoms with Crippen molar-refractivity contribution >= 4 is 22.6 Å². The molecule has 0 fully saturated rings. The summed E-state index contributed by atoms with van der Waals surface area (Å²) in [5.74, 6) is 0.589. The van der Waals surface area contributed by atoms with Crippen LogP contribution in [0.2, 0.25) is 5.02 Å². The van der Waals surface area contributed by atoms with E-state index in [1.54, 1.807) is 6.07 Å². The van der Waals surface area contributed by atoms with Gasteiger partial charge in [-0.3, -0.25) is 0 Å². The van der Waals surface area contributed by atoms with Gasteiger partial charge in [-0.15, -0.1) is 0 Å². The molecule has 3 aromatic rings. The van der Waals surface area contributed by atoms with Crippen molar-refractivity contribution in [2.24, 2.45) is 0 Å². The quantitative estimate of drug-likeness (QED) is 0.741. The molecule has 1 heterocycles. The summed E-state index contributed by atoms with van der Waals surface area (Å²) in [6.07, 6.45) is 1.10. The molecule has 1 N–H and O–H groups in total. The third-order valence-electron chi connectivity index (χ3n) is 3.86. The molecule has 21 heavy (non-hydrogen) atoms. The predicted octanol–water partition coefficient (Wildman–Crippen LogP) is 4.93. The molecule has 0 amide bonds. The zero-order valence-electron chi connectivity index (χ0n) is 11.8. The molecular formula is C18H17ClO2. The van der Waals surface area contributed by atoms with Crippen LogP contribution in [0.5, 0.6) is 0 Å². The topological polar surface area (TPSA) is 33.4 Å². The van der Waals surface area contributed by atoms with E-state index in [1.165, 1.54) is 0 Å². The first kappa shape index (κ1) is 14.2. The molecule has 2 aromatic carbocycles. The van der Waals surface area contributed by atoms with Crippen molar-refractivity contribution in [1.29, 1.82) is 0 Å². The summed E-state index contributed by atoms with van der Waals surface area (Å²) in [7, 11) is 0. The Labute approximate surface area is 129 Å². The van der Waals surface area contributed by atoms with Crippen LogP contribution >= 0.6 is 11.6 Å². The molecular weight excluding hydrogens is 284 g/mol. The van der Waals surface area contributed by atoms with Crippen molar-refractivity contribution in [3.63, 3.8) is 0 Å². The van der Waals surface area contributed by atoms with Gasteiger partial charge in [0.05, 0.1) is 0 Å². The Morgan fingerprint density at radius 1 is 1.10 bits per heavy atom. The molecule has 1 unspecified atom stereocenters. The van der Waals surface area contributed by atoms with Crippen LogP contribution in [0, 0.1) is 0 Å². The average Bonchev–Trinajstić information content (AvgIpc) is 2.92. The van der Waals surface area contributed by atoms with E-state index in [0.717, 1.165) is 16.5 Å². The Bertz CT molecular complexity index is 748. The van der Waals surface area contributed by atoms with E-state index in [4.69, 9.17) is 16.0 Å². The minimum Gasteiger partial charge on any atom is -0.458 e.